The van der Waals surface area contributed by atoms with E-state index >= 15 is 0 Å². The summed E-state index contributed by atoms with van der Waals surface area (Å²) < 4.78 is 5.29. The van der Waals surface area contributed by atoms with Crippen LogP contribution in [-0.4, -0.2) is 11.5 Å². The smallest absolute Gasteiger partial charge is 0.181 e. The molecule has 1 aromatic heterocycles. The van der Waals surface area contributed by atoms with Crippen LogP contribution in [-0.2, 0) is 0 Å². The van der Waals surface area contributed by atoms with Crippen molar-refractivity contribution in [3.63, 3.8) is 0 Å². The molecule has 0 amide bonds. The van der Waals surface area contributed by atoms with Gasteiger partial charge in [-0.3, -0.25) is 0 Å². The normalized spacial score (nSPS) is 19.2. The monoisotopic (exact) mass is 244 g/mol. The summed E-state index contributed by atoms with van der Waals surface area (Å²) in [5.74, 6) is 1.22. The second kappa shape index (κ2) is 5.11. The van der Waals surface area contributed by atoms with Gasteiger partial charge in [-0.2, -0.15) is 0 Å². The number of hydrogen-bond acceptors (Lipinski definition) is 3. The van der Waals surface area contributed by atoms with E-state index in [1.165, 1.54) is 44.1 Å². The lowest BCUT2D eigenvalue weighted by Gasteiger charge is -2.29. The Balaban J connectivity index is 1.89. The Morgan fingerprint density at radius 2 is 2.11 bits per heavy atom. The van der Waals surface area contributed by atoms with Gasteiger partial charge < -0.3 is 10.2 Å². The molecule has 1 aromatic carbocycles. The molecule has 0 spiro atoms. The first kappa shape index (κ1) is 11.7. The van der Waals surface area contributed by atoms with E-state index in [0.29, 0.717) is 5.92 Å². The van der Waals surface area contributed by atoms with Crippen LogP contribution in [0.4, 0.5) is 0 Å². The zero-order valence-electron chi connectivity index (χ0n) is 10.6. The van der Waals surface area contributed by atoms with E-state index in [4.69, 9.17) is 10.2 Å². The molecule has 0 aliphatic heterocycles. The molecule has 0 radical (unpaired) electrons. The summed E-state index contributed by atoms with van der Waals surface area (Å²) in [5, 5.41) is 0. The van der Waals surface area contributed by atoms with Gasteiger partial charge in [0.15, 0.2) is 12.0 Å². The van der Waals surface area contributed by atoms with Gasteiger partial charge in [0, 0.05) is 0 Å². The SMILES string of the molecule is NCC(c1ccc2ocnc2c1)C1CCCCC1. The Hall–Kier alpha value is -1.35. The molecule has 2 N–H and O–H groups in total. The van der Waals surface area contributed by atoms with Crippen molar-refractivity contribution in [3.8, 4) is 0 Å². The van der Waals surface area contributed by atoms with Crippen LogP contribution < -0.4 is 5.73 Å². The van der Waals surface area contributed by atoms with Crippen molar-refractivity contribution in [2.75, 3.05) is 6.54 Å². The van der Waals surface area contributed by atoms with Crippen molar-refractivity contribution in [1.29, 1.82) is 0 Å². The lowest BCUT2D eigenvalue weighted by molar-refractivity contribution is 0.307. The number of rotatable bonds is 3. The number of aromatic nitrogens is 1. The summed E-state index contributed by atoms with van der Waals surface area (Å²) in [4.78, 5) is 4.23. The molecule has 2 aromatic rings. The first-order valence-corrected chi connectivity index (χ1v) is 6.91. The van der Waals surface area contributed by atoms with Crippen LogP contribution in [0, 0.1) is 5.92 Å². The predicted molar refractivity (Wildman–Crippen MR) is 72.4 cm³/mol. The highest BCUT2D eigenvalue weighted by atomic mass is 16.3. The third kappa shape index (κ3) is 2.15. The summed E-state index contributed by atoms with van der Waals surface area (Å²) in [7, 11) is 0. The quantitative estimate of drug-likeness (QED) is 0.899. The maximum absolute atomic E-state index is 6.01. The molecule has 3 nitrogen and oxygen atoms in total. The van der Waals surface area contributed by atoms with Gasteiger partial charge in [-0.1, -0.05) is 25.3 Å². The highest BCUT2D eigenvalue weighted by Crippen LogP contribution is 2.36. The standard InChI is InChI=1S/C15H20N2O/c16-9-13(11-4-2-1-3-5-11)12-6-7-15-14(8-12)17-10-18-15/h6-8,10-11,13H,1-5,9,16H2. The fourth-order valence-corrected chi connectivity index (χ4v) is 3.24. The second-order valence-corrected chi connectivity index (χ2v) is 5.32. The van der Waals surface area contributed by atoms with Gasteiger partial charge in [-0.25, -0.2) is 4.98 Å². The van der Waals surface area contributed by atoms with Crippen molar-refractivity contribution < 1.29 is 4.42 Å². The topological polar surface area (TPSA) is 52.0 Å². The minimum atomic E-state index is 0.478. The van der Waals surface area contributed by atoms with Crippen molar-refractivity contribution in [1.82, 2.24) is 4.98 Å². The molecule has 0 bridgehead atoms. The maximum Gasteiger partial charge on any atom is 0.181 e. The number of hydrogen-bond donors (Lipinski definition) is 1. The van der Waals surface area contributed by atoms with E-state index in [0.717, 1.165) is 23.6 Å². The summed E-state index contributed by atoms with van der Waals surface area (Å²) in [6.07, 6.45) is 8.24. The zero-order chi connectivity index (χ0) is 12.4. The Bertz CT molecular complexity index is 514. The summed E-state index contributed by atoms with van der Waals surface area (Å²) in [6, 6.07) is 6.31. The molecule has 3 heteroatoms. The fraction of sp³-hybridized carbons (Fsp3) is 0.533. The molecule has 1 aliphatic rings. The molecule has 18 heavy (non-hydrogen) atoms. The Kier molecular flexibility index (Phi) is 3.33. The average molecular weight is 244 g/mol. The molecule has 1 fully saturated rings. The summed E-state index contributed by atoms with van der Waals surface area (Å²) in [5.41, 5.74) is 9.14. The van der Waals surface area contributed by atoms with Crippen LogP contribution in [0.15, 0.2) is 29.0 Å². The lowest BCUT2D eigenvalue weighted by Crippen LogP contribution is -2.23. The van der Waals surface area contributed by atoms with E-state index in [1.54, 1.807) is 0 Å². The lowest BCUT2D eigenvalue weighted by atomic mass is 9.77. The minimum absolute atomic E-state index is 0.478. The van der Waals surface area contributed by atoms with E-state index < -0.39 is 0 Å². The van der Waals surface area contributed by atoms with Gasteiger partial charge in [0.2, 0.25) is 0 Å². The summed E-state index contributed by atoms with van der Waals surface area (Å²) >= 11 is 0. The van der Waals surface area contributed by atoms with E-state index in [2.05, 4.69) is 17.1 Å². The zero-order valence-corrected chi connectivity index (χ0v) is 10.6. The number of nitrogens with zero attached hydrogens (tertiary/aromatic N) is 1. The van der Waals surface area contributed by atoms with Gasteiger partial charge in [0.25, 0.3) is 0 Å². The van der Waals surface area contributed by atoms with Crippen LogP contribution >= 0.6 is 0 Å². The third-order valence-corrected chi connectivity index (χ3v) is 4.26. The van der Waals surface area contributed by atoms with Crippen molar-refractivity contribution in [2.24, 2.45) is 11.7 Å². The van der Waals surface area contributed by atoms with Crippen LogP contribution in [0.1, 0.15) is 43.6 Å². The van der Waals surface area contributed by atoms with Crippen LogP contribution in [0.3, 0.4) is 0 Å². The number of fused-ring (bicyclic) bond motifs is 1. The first-order valence-electron chi connectivity index (χ1n) is 6.91. The average Bonchev–Trinajstić information content (AvgIpc) is 2.88. The molecular weight excluding hydrogens is 224 g/mol. The third-order valence-electron chi connectivity index (χ3n) is 4.26. The fourth-order valence-electron chi connectivity index (χ4n) is 3.24. The molecule has 3 rings (SSSR count). The van der Waals surface area contributed by atoms with Crippen LogP contribution in [0.5, 0.6) is 0 Å². The first-order chi connectivity index (χ1) is 8.88. The molecule has 1 unspecified atom stereocenters. The minimum Gasteiger partial charge on any atom is -0.443 e. The number of oxazole rings is 1. The molecule has 1 saturated carbocycles. The van der Waals surface area contributed by atoms with Crippen molar-refractivity contribution in [2.45, 2.75) is 38.0 Å². The Morgan fingerprint density at radius 1 is 1.28 bits per heavy atom. The molecule has 96 valence electrons. The van der Waals surface area contributed by atoms with Crippen LogP contribution in [0.2, 0.25) is 0 Å². The second-order valence-electron chi connectivity index (χ2n) is 5.32. The van der Waals surface area contributed by atoms with Crippen molar-refractivity contribution in [3.05, 3.63) is 30.2 Å². The molecule has 1 heterocycles. The predicted octanol–water partition coefficient (Wildman–Crippen LogP) is 3.45. The van der Waals surface area contributed by atoms with E-state index in [9.17, 15) is 0 Å². The largest absolute Gasteiger partial charge is 0.443 e. The van der Waals surface area contributed by atoms with Gasteiger partial charge in [0.05, 0.1) is 0 Å². The number of benzene rings is 1. The van der Waals surface area contributed by atoms with Gasteiger partial charge >= 0.3 is 0 Å². The van der Waals surface area contributed by atoms with E-state index in [-0.39, 0.29) is 0 Å². The Morgan fingerprint density at radius 3 is 2.89 bits per heavy atom. The van der Waals surface area contributed by atoms with E-state index in [1.807, 2.05) is 6.07 Å². The molecule has 1 atom stereocenters. The number of nitrogens with two attached hydrogens (primary N) is 1. The van der Waals surface area contributed by atoms with Gasteiger partial charge in [0.1, 0.15) is 5.52 Å². The highest BCUT2D eigenvalue weighted by molar-refractivity contribution is 5.73. The summed E-state index contributed by atoms with van der Waals surface area (Å²) in [6.45, 7) is 0.730. The van der Waals surface area contributed by atoms with Crippen molar-refractivity contribution >= 4 is 11.1 Å². The molecule has 0 saturated heterocycles. The highest BCUT2D eigenvalue weighted by Gasteiger charge is 2.24. The molecular formula is C15H20N2O. The van der Waals surface area contributed by atoms with Gasteiger partial charge in [-0.15, -0.1) is 0 Å². The Labute approximate surface area is 107 Å². The maximum atomic E-state index is 6.01. The van der Waals surface area contributed by atoms with Crippen LogP contribution in [0.25, 0.3) is 11.1 Å². The molecule has 1 aliphatic carbocycles. The van der Waals surface area contributed by atoms with Gasteiger partial charge in [-0.05, 0) is 48.9 Å².